The van der Waals surface area contributed by atoms with Crippen molar-refractivity contribution in [3.8, 4) is 0 Å². The summed E-state index contributed by atoms with van der Waals surface area (Å²) in [7, 11) is 1.97. The first-order valence-corrected chi connectivity index (χ1v) is 3.25. The van der Waals surface area contributed by atoms with Crippen LogP contribution in [-0.2, 0) is 0 Å². The Hall–Kier alpha value is -1.24. The van der Waals surface area contributed by atoms with Gasteiger partial charge in [0.25, 0.3) is 0 Å². The van der Waals surface area contributed by atoms with Crippen LogP contribution in [0.2, 0.25) is 0 Å². The summed E-state index contributed by atoms with van der Waals surface area (Å²) in [4.78, 5) is 1.97. The Morgan fingerprint density at radius 3 is 2.40 bits per heavy atom. The summed E-state index contributed by atoms with van der Waals surface area (Å²) >= 11 is 0. The third kappa shape index (κ3) is 1.38. The van der Waals surface area contributed by atoms with E-state index in [9.17, 15) is 0 Å². The number of anilines is 1. The van der Waals surface area contributed by atoms with E-state index in [4.69, 9.17) is 0 Å². The summed E-state index contributed by atoms with van der Waals surface area (Å²) < 4.78 is 0. The largest absolute Gasteiger partial charge is 0.352 e. The van der Waals surface area contributed by atoms with Gasteiger partial charge >= 0.3 is 0 Å². The molecule has 1 aromatic rings. The Kier molecular flexibility index (Phi) is 2.11. The molecule has 0 amide bonds. The maximum Gasteiger partial charge on any atom is 0.0403 e. The van der Waals surface area contributed by atoms with Crippen LogP contribution in [-0.4, -0.2) is 7.05 Å². The van der Waals surface area contributed by atoms with Crippen molar-refractivity contribution in [1.29, 1.82) is 0 Å². The van der Waals surface area contributed by atoms with Crippen LogP contribution in [0.5, 0.6) is 0 Å². The van der Waals surface area contributed by atoms with E-state index < -0.39 is 0 Å². The highest BCUT2D eigenvalue weighted by Crippen LogP contribution is 2.09. The SMILES string of the molecule is C=CN(C)c1ccccc1. The van der Waals surface area contributed by atoms with Crippen molar-refractivity contribution >= 4 is 5.69 Å². The lowest BCUT2D eigenvalue weighted by atomic mass is 10.3. The number of hydrogen-bond acceptors (Lipinski definition) is 1. The van der Waals surface area contributed by atoms with Crippen molar-refractivity contribution in [2.24, 2.45) is 0 Å². The van der Waals surface area contributed by atoms with Crippen LogP contribution in [0.1, 0.15) is 0 Å². The predicted molar refractivity (Wildman–Crippen MR) is 45.0 cm³/mol. The van der Waals surface area contributed by atoms with E-state index >= 15 is 0 Å². The van der Waals surface area contributed by atoms with Gasteiger partial charge in [-0.05, 0) is 18.3 Å². The second kappa shape index (κ2) is 3.06. The van der Waals surface area contributed by atoms with E-state index in [1.807, 2.05) is 42.3 Å². The average Bonchev–Trinajstić information content (AvgIpc) is 2.05. The van der Waals surface area contributed by atoms with Crippen LogP contribution in [0.15, 0.2) is 43.1 Å². The lowest BCUT2D eigenvalue weighted by Crippen LogP contribution is -2.05. The van der Waals surface area contributed by atoms with Crippen LogP contribution in [0.25, 0.3) is 0 Å². The van der Waals surface area contributed by atoms with Gasteiger partial charge in [-0.15, -0.1) is 0 Å². The second-order valence-corrected chi connectivity index (χ2v) is 2.13. The molecule has 0 N–H and O–H groups in total. The molecule has 0 bridgehead atoms. The van der Waals surface area contributed by atoms with Gasteiger partial charge in [-0.3, -0.25) is 0 Å². The Morgan fingerprint density at radius 2 is 1.90 bits per heavy atom. The zero-order valence-electron chi connectivity index (χ0n) is 6.12. The van der Waals surface area contributed by atoms with Crippen molar-refractivity contribution in [3.63, 3.8) is 0 Å². The van der Waals surface area contributed by atoms with Crippen LogP contribution in [0.4, 0.5) is 5.69 Å². The smallest absolute Gasteiger partial charge is 0.0403 e. The Morgan fingerprint density at radius 1 is 1.30 bits per heavy atom. The number of hydrogen-bond donors (Lipinski definition) is 0. The molecule has 0 aliphatic carbocycles. The van der Waals surface area contributed by atoms with Gasteiger partial charge in [-0.2, -0.15) is 0 Å². The number of rotatable bonds is 2. The molecule has 0 atom stereocenters. The molecular weight excluding hydrogens is 122 g/mol. The summed E-state index contributed by atoms with van der Waals surface area (Å²) in [5, 5.41) is 0. The minimum absolute atomic E-state index is 1.16. The molecule has 0 heterocycles. The molecule has 0 radical (unpaired) electrons. The van der Waals surface area contributed by atoms with Gasteiger partial charge in [0.15, 0.2) is 0 Å². The molecule has 1 nitrogen and oxygen atoms in total. The highest BCUT2D eigenvalue weighted by atomic mass is 15.1. The fourth-order valence-electron chi connectivity index (χ4n) is 0.769. The predicted octanol–water partition coefficient (Wildman–Crippen LogP) is 2.27. The standard InChI is InChI=1S/C9H11N/c1-3-10(2)9-7-5-4-6-8-9/h3-8H,1H2,2H3. The summed E-state index contributed by atoms with van der Waals surface area (Å²) in [6.07, 6.45) is 1.79. The summed E-state index contributed by atoms with van der Waals surface area (Å²) in [5.41, 5.74) is 1.16. The van der Waals surface area contributed by atoms with E-state index in [2.05, 4.69) is 6.58 Å². The quantitative estimate of drug-likeness (QED) is 0.598. The van der Waals surface area contributed by atoms with Crippen LogP contribution >= 0.6 is 0 Å². The molecule has 0 aliphatic heterocycles. The third-order valence-electron chi connectivity index (χ3n) is 1.44. The lowest BCUT2D eigenvalue weighted by Gasteiger charge is -2.11. The van der Waals surface area contributed by atoms with Gasteiger partial charge < -0.3 is 4.90 Å². The topological polar surface area (TPSA) is 3.24 Å². The normalized spacial score (nSPS) is 8.90. The zero-order chi connectivity index (χ0) is 7.40. The van der Waals surface area contributed by atoms with Gasteiger partial charge in [0.05, 0.1) is 0 Å². The van der Waals surface area contributed by atoms with Crippen molar-refractivity contribution in [2.75, 3.05) is 11.9 Å². The summed E-state index contributed by atoms with van der Waals surface area (Å²) in [6, 6.07) is 10.1. The molecule has 0 aromatic heterocycles. The minimum Gasteiger partial charge on any atom is -0.352 e. The number of benzene rings is 1. The minimum atomic E-state index is 1.16. The van der Waals surface area contributed by atoms with E-state index in [1.54, 1.807) is 6.20 Å². The first-order valence-electron chi connectivity index (χ1n) is 3.25. The summed E-state index contributed by atoms with van der Waals surface area (Å²) in [5.74, 6) is 0. The van der Waals surface area contributed by atoms with Gasteiger partial charge in [0.2, 0.25) is 0 Å². The molecule has 0 saturated heterocycles. The second-order valence-electron chi connectivity index (χ2n) is 2.13. The molecule has 0 saturated carbocycles. The van der Waals surface area contributed by atoms with Crippen molar-refractivity contribution in [3.05, 3.63) is 43.1 Å². The molecule has 0 unspecified atom stereocenters. The fraction of sp³-hybridized carbons (Fsp3) is 0.111. The molecular formula is C9H11N. The first kappa shape index (κ1) is 6.87. The van der Waals surface area contributed by atoms with Gasteiger partial charge in [0.1, 0.15) is 0 Å². The molecule has 0 fully saturated rings. The van der Waals surface area contributed by atoms with E-state index in [-0.39, 0.29) is 0 Å². The highest BCUT2D eigenvalue weighted by molar-refractivity contribution is 5.47. The van der Waals surface area contributed by atoms with E-state index in [0.717, 1.165) is 5.69 Å². The lowest BCUT2D eigenvalue weighted by molar-refractivity contribution is 1.21. The van der Waals surface area contributed by atoms with Crippen LogP contribution < -0.4 is 4.90 Å². The van der Waals surface area contributed by atoms with Crippen molar-refractivity contribution < 1.29 is 0 Å². The fourth-order valence-corrected chi connectivity index (χ4v) is 0.769. The number of para-hydroxylation sites is 1. The Bertz CT molecular complexity index is 203. The molecule has 52 valence electrons. The van der Waals surface area contributed by atoms with Gasteiger partial charge in [-0.25, -0.2) is 0 Å². The van der Waals surface area contributed by atoms with Gasteiger partial charge in [0, 0.05) is 12.7 Å². The zero-order valence-corrected chi connectivity index (χ0v) is 6.12. The first-order chi connectivity index (χ1) is 4.84. The Balaban J connectivity index is 2.84. The summed E-state index contributed by atoms with van der Waals surface area (Å²) in [6.45, 7) is 3.66. The van der Waals surface area contributed by atoms with Gasteiger partial charge in [-0.1, -0.05) is 24.8 Å². The monoisotopic (exact) mass is 133 g/mol. The number of nitrogens with zero attached hydrogens (tertiary/aromatic N) is 1. The molecule has 10 heavy (non-hydrogen) atoms. The molecule has 0 aliphatic rings. The molecule has 1 aromatic carbocycles. The maximum atomic E-state index is 3.66. The molecule has 0 spiro atoms. The molecule has 1 heteroatoms. The molecule has 1 rings (SSSR count). The van der Waals surface area contributed by atoms with E-state index in [0.29, 0.717) is 0 Å². The Labute approximate surface area is 61.6 Å². The van der Waals surface area contributed by atoms with Crippen molar-refractivity contribution in [2.45, 2.75) is 0 Å². The third-order valence-corrected chi connectivity index (χ3v) is 1.44. The highest BCUT2D eigenvalue weighted by Gasteiger charge is 1.90. The average molecular weight is 133 g/mol. The van der Waals surface area contributed by atoms with E-state index in [1.165, 1.54) is 0 Å². The van der Waals surface area contributed by atoms with Crippen molar-refractivity contribution in [1.82, 2.24) is 0 Å². The van der Waals surface area contributed by atoms with Crippen LogP contribution in [0.3, 0.4) is 0 Å². The maximum absolute atomic E-state index is 3.66. The van der Waals surface area contributed by atoms with Crippen LogP contribution in [0, 0.1) is 0 Å².